The molecule has 1 saturated heterocycles. The highest BCUT2D eigenvalue weighted by atomic mass is 16.5. The van der Waals surface area contributed by atoms with Crippen molar-refractivity contribution in [1.29, 1.82) is 0 Å². The molecule has 3 aromatic rings. The first-order valence-electron chi connectivity index (χ1n) is 9.81. The smallest absolute Gasteiger partial charge is 0.271 e. The fourth-order valence-electron chi connectivity index (χ4n) is 4.57. The molecule has 148 valence electrons. The molecule has 29 heavy (non-hydrogen) atoms. The average molecular weight is 390 g/mol. The van der Waals surface area contributed by atoms with Crippen LogP contribution in [0, 0.1) is 5.92 Å². The predicted octanol–water partition coefficient (Wildman–Crippen LogP) is 2.51. The van der Waals surface area contributed by atoms with Gasteiger partial charge in [-0.25, -0.2) is 0 Å². The van der Waals surface area contributed by atoms with Crippen LogP contribution in [0.2, 0.25) is 0 Å². The van der Waals surface area contributed by atoms with Crippen molar-refractivity contribution in [2.45, 2.75) is 18.9 Å². The van der Waals surface area contributed by atoms with Gasteiger partial charge in [0.15, 0.2) is 0 Å². The van der Waals surface area contributed by atoms with Crippen LogP contribution in [0.15, 0.2) is 53.3 Å². The van der Waals surface area contributed by atoms with Crippen molar-refractivity contribution in [2.75, 3.05) is 20.2 Å². The minimum atomic E-state index is -0.0429. The quantitative estimate of drug-likeness (QED) is 0.745. The summed E-state index contributed by atoms with van der Waals surface area (Å²) in [6.07, 6.45) is 1.02. The van der Waals surface area contributed by atoms with Crippen LogP contribution >= 0.6 is 0 Å². The van der Waals surface area contributed by atoms with Crippen molar-refractivity contribution in [2.24, 2.45) is 5.92 Å². The first kappa shape index (κ1) is 17.7. The van der Waals surface area contributed by atoms with Crippen LogP contribution in [-0.2, 0) is 6.54 Å². The molecule has 2 aromatic heterocycles. The second-order valence-corrected chi connectivity index (χ2v) is 7.80. The number of amides is 1. The first-order chi connectivity index (χ1) is 14.1. The van der Waals surface area contributed by atoms with Crippen LogP contribution in [0.3, 0.4) is 0 Å². The normalized spacial score (nSPS) is 20.2. The Kier molecular flexibility index (Phi) is 4.23. The van der Waals surface area contributed by atoms with E-state index >= 15 is 0 Å². The summed E-state index contributed by atoms with van der Waals surface area (Å²) in [7, 11) is 1.63. The highest BCUT2D eigenvalue weighted by Gasteiger charge is 2.36. The zero-order valence-electron chi connectivity index (χ0n) is 16.2. The molecule has 7 nitrogen and oxygen atoms in total. The number of aromatic amines is 1. The number of hydrogen-bond acceptors (Lipinski definition) is 4. The first-order valence-corrected chi connectivity index (χ1v) is 9.81. The van der Waals surface area contributed by atoms with Gasteiger partial charge < -0.3 is 14.2 Å². The van der Waals surface area contributed by atoms with E-state index in [1.54, 1.807) is 19.2 Å². The van der Waals surface area contributed by atoms with Crippen LogP contribution in [-0.4, -0.2) is 45.8 Å². The second-order valence-electron chi connectivity index (χ2n) is 7.80. The Hall–Kier alpha value is -3.35. The van der Waals surface area contributed by atoms with E-state index in [1.165, 1.54) is 0 Å². The van der Waals surface area contributed by atoms with E-state index in [2.05, 4.69) is 10.2 Å². The number of hydrogen-bond donors (Lipinski definition) is 1. The Bertz CT molecular complexity index is 1120. The molecule has 7 heteroatoms. The molecule has 0 aliphatic carbocycles. The Morgan fingerprint density at radius 2 is 1.97 bits per heavy atom. The van der Waals surface area contributed by atoms with E-state index in [0.29, 0.717) is 31.2 Å². The van der Waals surface area contributed by atoms with Crippen molar-refractivity contribution >= 4 is 5.91 Å². The maximum absolute atomic E-state index is 13.1. The van der Waals surface area contributed by atoms with Crippen LogP contribution < -0.4 is 10.3 Å². The lowest BCUT2D eigenvalue weighted by Crippen LogP contribution is -2.49. The number of ether oxygens (including phenoxy) is 1. The molecular weight excluding hydrogens is 368 g/mol. The largest absolute Gasteiger partial charge is 0.497 e. The van der Waals surface area contributed by atoms with Gasteiger partial charge in [0.1, 0.15) is 11.4 Å². The van der Waals surface area contributed by atoms with E-state index in [0.717, 1.165) is 29.1 Å². The number of carbonyl (C=O) groups excluding carboxylic acids is 1. The third kappa shape index (κ3) is 3.12. The van der Waals surface area contributed by atoms with Gasteiger partial charge in [0, 0.05) is 42.9 Å². The topological polar surface area (TPSA) is 80.2 Å². The van der Waals surface area contributed by atoms with Crippen molar-refractivity contribution in [3.63, 3.8) is 0 Å². The molecule has 0 saturated carbocycles. The van der Waals surface area contributed by atoms with Gasteiger partial charge in [-0.2, -0.15) is 5.10 Å². The monoisotopic (exact) mass is 390 g/mol. The molecule has 5 rings (SSSR count). The molecule has 1 N–H and O–H groups in total. The van der Waals surface area contributed by atoms with E-state index in [1.807, 2.05) is 45.9 Å². The summed E-state index contributed by atoms with van der Waals surface area (Å²) in [6.45, 7) is 1.96. The van der Waals surface area contributed by atoms with Gasteiger partial charge in [0.05, 0.1) is 12.8 Å². The summed E-state index contributed by atoms with van der Waals surface area (Å²) in [4.78, 5) is 27.2. The van der Waals surface area contributed by atoms with Crippen molar-refractivity contribution in [3.8, 4) is 17.0 Å². The maximum Gasteiger partial charge on any atom is 0.271 e. The molecule has 1 amide bonds. The SMILES string of the molecule is COc1ccc(-c2cc(C(=O)N3C[C@H]4C[C@@H](C3)c3cccc(=O)n3C4)[nH]n2)cc1. The minimum Gasteiger partial charge on any atom is -0.497 e. The molecule has 2 atom stereocenters. The number of benzene rings is 1. The van der Waals surface area contributed by atoms with Crippen molar-refractivity contribution in [1.82, 2.24) is 19.7 Å². The molecule has 0 spiro atoms. The van der Waals surface area contributed by atoms with E-state index in [-0.39, 0.29) is 17.4 Å². The number of nitrogens with zero attached hydrogens (tertiary/aromatic N) is 3. The number of carbonyl (C=O) groups is 1. The zero-order chi connectivity index (χ0) is 20.0. The van der Waals surface area contributed by atoms with Gasteiger partial charge in [-0.1, -0.05) is 6.07 Å². The lowest BCUT2D eigenvalue weighted by Gasteiger charge is -2.42. The minimum absolute atomic E-state index is 0.0429. The van der Waals surface area contributed by atoms with Crippen LogP contribution in [0.1, 0.15) is 28.5 Å². The molecule has 4 heterocycles. The van der Waals surface area contributed by atoms with Gasteiger partial charge in [-0.05, 0) is 48.7 Å². The molecule has 0 unspecified atom stereocenters. The van der Waals surface area contributed by atoms with Crippen LogP contribution in [0.4, 0.5) is 0 Å². The van der Waals surface area contributed by atoms with Crippen molar-refractivity contribution < 1.29 is 9.53 Å². The van der Waals surface area contributed by atoms with E-state index in [9.17, 15) is 9.59 Å². The highest BCUT2D eigenvalue weighted by molar-refractivity contribution is 5.93. The van der Waals surface area contributed by atoms with Crippen LogP contribution in [0.25, 0.3) is 11.3 Å². The predicted molar refractivity (Wildman–Crippen MR) is 108 cm³/mol. The van der Waals surface area contributed by atoms with Gasteiger partial charge >= 0.3 is 0 Å². The summed E-state index contributed by atoms with van der Waals surface area (Å²) in [5.41, 5.74) is 3.22. The summed E-state index contributed by atoms with van der Waals surface area (Å²) in [6, 6.07) is 14.8. The number of aromatic nitrogens is 3. The molecule has 1 aromatic carbocycles. The van der Waals surface area contributed by atoms with Gasteiger partial charge in [0.2, 0.25) is 0 Å². The van der Waals surface area contributed by atoms with E-state index in [4.69, 9.17) is 4.74 Å². The number of piperidine rings is 1. The fourth-order valence-corrected chi connectivity index (χ4v) is 4.57. The van der Waals surface area contributed by atoms with Gasteiger partial charge in [-0.3, -0.25) is 14.7 Å². The Balaban J connectivity index is 1.37. The lowest BCUT2D eigenvalue weighted by atomic mass is 9.83. The third-order valence-corrected chi connectivity index (χ3v) is 5.96. The summed E-state index contributed by atoms with van der Waals surface area (Å²) >= 11 is 0. The number of fused-ring (bicyclic) bond motifs is 4. The zero-order valence-corrected chi connectivity index (χ0v) is 16.2. The second kappa shape index (κ2) is 6.92. The number of pyridine rings is 1. The molecule has 1 fully saturated rings. The Morgan fingerprint density at radius 3 is 2.76 bits per heavy atom. The van der Waals surface area contributed by atoms with Crippen LogP contribution in [0.5, 0.6) is 5.75 Å². The highest BCUT2D eigenvalue weighted by Crippen LogP contribution is 2.35. The molecule has 0 radical (unpaired) electrons. The lowest BCUT2D eigenvalue weighted by molar-refractivity contribution is 0.0588. The third-order valence-electron chi connectivity index (χ3n) is 5.96. The standard InChI is InChI=1S/C22H22N4O3/c1-29-17-7-5-15(6-8-17)18-10-19(24-23-18)22(28)25-11-14-9-16(13-25)20-3-2-4-21(27)26(20)12-14/h2-8,10,14,16H,9,11-13H2,1H3,(H,23,24)/t14-,16+/m1/s1. The molecule has 2 bridgehead atoms. The summed E-state index contributed by atoms with van der Waals surface area (Å²) in [5, 5.41) is 7.22. The van der Waals surface area contributed by atoms with Gasteiger partial charge in [0.25, 0.3) is 11.5 Å². The molecule has 2 aliphatic heterocycles. The number of likely N-dealkylation sites (tertiary alicyclic amines) is 1. The number of rotatable bonds is 3. The van der Waals surface area contributed by atoms with Gasteiger partial charge in [-0.15, -0.1) is 0 Å². The number of methoxy groups -OCH3 is 1. The molecule has 2 aliphatic rings. The Labute approximate surface area is 167 Å². The maximum atomic E-state index is 13.1. The average Bonchev–Trinajstić information content (AvgIpc) is 3.24. The summed E-state index contributed by atoms with van der Waals surface area (Å²) < 4.78 is 7.06. The summed E-state index contributed by atoms with van der Waals surface area (Å²) in [5.74, 6) is 1.23. The molecular formula is C22H22N4O3. The Morgan fingerprint density at radius 1 is 1.14 bits per heavy atom. The number of H-pyrrole nitrogens is 1. The number of nitrogens with one attached hydrogen (secondary N) is 1. The fraction of sp³-hybridized carbons (Fsp3) is 0.318. The van der Waals surface area contributed by atoms with Crippen molar-refractivity contribution in [3.05, 3.63) is 70.3 Å². The van der Waals surface area contributed by atoms with E-state index < -0.39 is 0 Å².